The van der Waals surface area contributed by atoms with Crippen molar-refractivity contribution >= 4 is 29.1 Å². The zero-order valence-electron chi connectivity index (χ0n) is 14.7. The molecule has 0 spiro atoms. The first-order valence-electron chi connectivity index (χ1n) is 8.77. The molecule has 3 rings (SSSR count). The molecular weight excluding hydrogens is 373 g/mol. The monoisotopic (exact) mass is 395 g/mol. The lowest BCUT2D eigenvalue weighted by Crippen LogP contribution is -2.50. The Morgan fingerprint density at radius 3 is 2.69 bits per heavy atom. The molecule has 2 N–H and O–H groups in total. The van der Waals surface area contributed by atoms with E-state index < -0.39 is 5.41 Å². The van der Waals surface area contributed by atoms with E-state index in [-0.39, 0.29) is 18.4 Å². The number of aliphatic hydroxyl groups is 1. The lowest BCUT2D eigenvalue weighted by molar-refractivity contribution is -0.130. The minimum absolute atomic E-state index is 0.00762. The Kier molecular flexibility index (Phi) is 5.90. The number of hydrogen-bond donors (Lipinski definition) is 2. The number of rotatable bonds is 7. The largest absolute Gasteiger partial charge is 0.396 e. The highest BCUT2D eigenvalue weighted by molar-refractivity contribution is 6.42. The summed E-state index contributed by atoms with van der Waals surface area (Å²) in [5.74, 6) is -0.0548. The fourth-order valence-electron chi connectivity index (χ4n) is 3.49. The second-order valence-electron chi connectivity index (χ2n) is 7.05. The minimum Gasteiger partial charge on any atom is -0.396 e. The number of amides is 1. The highest BCUT2D eigenvalue weighted by Gasteiger charge is 2.45. The zero-order chi connectivity index (χ0) is 18.7. The summed E-state index contributed by atoms with van der Waals surface area (Å²) < 4.78 is 1.73. The van der Waals surface area contributed by atoms with Crippen LogP contribution in [0.25, 0.3) is 0 Å². The van der Waals surface area contributed by atoms with Crippen molar-refractivity contribution in [2.45, 2.75) is 31.1 Å². The van der Waals surface area contributed by atoms with Crippen molar-refractivity contribution in [2.24, 2.45) is 13.0 Å². The quantitative estimate of drug-likeness (QED) is 0.756. The highest BCUT2D eigenvalue weighted by Crippen LogP contribution is 2.45. The molecule has 0 radical (unpaired) electrons. The molecule has 140 valence electrons. The first-order chi connectivity index (χ1) is 12.4. The van der Waals surface area contributed by atoms with Crippen molar-refractivity contribution in [3.8, 4) is 0 Å². The van der Waals surface area contributed by atoms with Gasteiger partial charge >= 0.3 is 0 Å². The molecule has 5 nitrogen and oxygen atoms in total. The van der Waals surface area contributed by atoms with Crippen LogP contribution >= 0.6 is 23.2 Å². The van der Waals surface area contributed by atoms with Gasteiger partial charge in [-0.2, -0.15) is 5.10 Å². The Morgan fingerprint density at radius 1 is 1.38 bits per heavy atom. The number of halogens is 2. The molecule has 1 amide bonds. The number of nitrogens with one attached hydrogen (secondary N) is 1. The van der Waals surface area contributed by atoms with Gasteiger partial charge in [-0.05, 0) is 42.5 Å². The number of carbonyl (C=O) groups excluding carboxylic acids is 1. The first kappa shape index (κ1) is 19.2. The van der Waals surface area contributed by atoms with Crippen molar-refractivity contribution in [2.75, 3.05) is 13.2 Å². The van der Waals surface area contributed by atoms with Crippen molar-refractivity contribution in [3.05, 3.63) is 51.8 Å². The van der Waals surface area contributed by atoms with Crippen LogP contribution in [-0.4, -0.2) is 33.9 Å². The standard InChI is InChI=1S/C19H23Cl2N3O2/c1-24-11-13(10-23-24)7-14(12-25)9-22-18(26)19(5-2-6-19)15-3-4-16(20)17(21)8-15/h3-4,8,10-11,14,25H,2,5-7,9,12H2,1H3,(H,22,26)/t14-/m1/s1. The maximum Gasteiger partial charge on any atom is 0.230 e. The number of aliphatic hydroxyl groups excluding tert-OH is 1. The Labute approximate surface area is 163 Å². The van der Waals surface area contributed by atoms with Crippen LogP contribution in [0, 0.1) is 5.92 Å². The van der Waals surface area contributed by atoms with Gasteiger partial charge in [0.25, 0.3) is 0 Å². The SMILES string of the molecule is Cn1cc(C[C@@H](CO)CNC(=O)C2(c3ccc(Cl)c(Cl)c3)CCC2)cn1. The molecule has 1 aliphatic carbocycles. The third-order valence-corrected chi connectivity index (χ3v) is 5.95. The summed E-state index contributed by atoms with van der Waals surface area (Å²) >= 11 is 12.1. The van der Waals surface area contributed by atoms with Crippen LogP contribution in [0.15, 0.2) is 30.6 Å². The van der Waals surface area contributed by atoms with Crippen molar-refractivity contribution in [1.82, 2.24) is 15.1 Å². The fraction of sp³-hybridized carbons (Fsp3) is 0.474. The Morgan fingerprint density at radius 2 is 2.15 bits per heavy atom. The van der Waals surface area contributed by atoms with Gasteiger partial charge in [0, 0.05) is 32.3 Å². The molecule has 1 heterocycles. The van der Waals surface area contributed by atoms with Gasteiger partial charge in [-0.25, -0.2) is 0 Å². The lowest BCUT2D eigenvalue weighted by atomic mass is 9.63. The van der Waals surface area contributed by atoms with Gasteiger partial charge < -0.3 is 10.4 Å². The van der Waals surface area contributed by atoms with Crippen LogP contribution in [0.2, 0.25) is 10.0 Å². The summed E-state index contributed by atoms with van der Waals surface area (Å²) in [6, 6.07) is 5.42. The Hall–Kier alpha value is -1.56. The van der Waals surface area contributed by atoms with Gasteiger partial charge in [0.2, 0.25) is 5.91 Å². The van der Waals surface area contributed by atoms with Gasteiger partial charge in [0.15, 0.2) is 0 Å². The maximum atomic E-state index is 12.9. The summed E-state index contributed by atoms with van der Waals surface area (Å²) in [6.07, 6.45) is 6.98. The van der Waals surface area contributed by atoms with E-state index in [1.165, 1.54) is 0 Å². The van der Waals surface area contributed by atoms with Gasteiger partial charge in [-0.3, -0.25) is 9.48 Å². The summed E-state index contributed by atoms with van der Waals surface area (Å²) in [4.78, 5) is 12.9. The van der Waals surface area contributed by atoms with Crippen LogP contribution in [0.1, 0.15) is 30.4 Å². The molecule has 1 atom stereocenters. The van der Waals surface area contributed by atoms with Gasteiger partial charge in [0.1, 0.15) is 0 Å². The van der Waals surface area contributed by atoms with E-state index in [0.29, 0.717) is 23.0 Å². The molecule has 2 aromatic rings. The molecule has 1 aromatic heterocycles. The Bertz CT molecular complexity index is 787. The molecular formula is C19H23Cl2N3O2. The van der Waals surface area contributed by atoms with Gasteiger partial charge in [0.05, 0.1) is 21.7 Å². The minimum atomic E-state index is -0.539. The van der Waals surface area contributed by atoms with E-state index in [9.17, 15) is 9.90 Å². The predicted molar refractivity (Wildman–Crippen MR) is 102 cm³/mol. The van der Waals surface area contributed by atoms with E-state index in [0.717, 1.165) is 30.4 Å². The van der Waals surface area contributed by atoms with E-state index in [1.807, 2.05) is 19.3 Å². The number of carbonyl (C=O) groups is 1. The summed E-state index contributed by atoms with van der Waals surface area (Å²) in [5.41, 5.74) is 1.41. The second kappa shape index (κ2) is 7.99. The molecule has 26 heavy (non-hydrogen) atoms. The molecule has 1 aromatic carbocycles. The maximum absolute atomic E-state index is 12.9. The van der Waals surface area contributed by atoms with Crippen LogP contribution in [0.5, 0.6) is 0 Å². The number of aryl methyl sites for hydroxylation is 1. The molecule has 1 fully saturated rings. The molecule has 1 saturated carbocycles. The lowest BCUT2D eigenvalue weighted by Gasteiger charge is -2.41. The molecule has 7 heteroatoms. The first-order valence-corrected chi connectivity index (χ1v) is 9.52. The van der Waals surface area contributed by atoms with E-state index >= 15 is 0 Å². The highest BCUT2D eigenvalue weighted by atomic mass is 35.5. The summed E-state index contributed by atoms with van der Waals surface area (Å²) in [6.45, 7) is 0.433. The van der Waals surface area contributed by atoms with Crippen LogP contribution in [0.3, 0.4) is 0 Å². The fourth-order valence-corrected chi connectivity index (χ4v) is 3.79. The number of aromatic nitrogens is 2. The Balaban J connectivity index is 1.66. The average molecular weight is 396 g/mol. The van der Waals surface area contributed by atoms with E-state index in [1.54, 1.807) is 23.0 Å². The number of hydrogen-bond acceptors (Lipinski definition) is 3. The van der Waals surface area contributed by atoms with Crippen molar-refractivity contribution in [3.63, 3.8) is 0 Å². The topological polar surface area (TPSA) is 67.2 Å². The van der Waals surface area contributed by atoms with Crippen LogP contribution < -0.4 is 5.32 Å². The number of nitrogens with zero attached hydrogens (tertiary/aromatic N) is 2. The summed E-state index contributed by atoms with van der Waals surface area (Å²) in [5, 5.41) is 17.8. The van der Waals surface area contributed by atoms with E-state index in [2.05, 4.69) is 10.4 Å². The molecule has 0 aliphatic heterocycles. The smallest absolute Gasteiger partial charge is 0.230 e. The van der Waals surface area contributed by atoms with Crippen molar-refractivity contribution in [1.29, 1.82) is 0 Å². The second-order valence-corrected chi connectivity index (χ2v) is 7.86. The van der Waals surface area contributed by atoms with Crippen LogP contribution in [-0.2, 0) is 23.7 Å². The summed E-state index contributed by atoms with van der Waals surface area (Å²) in [7, 11) is 1.86. The number of benzene rings is 1. The molecule has 0 bridgehead atoms. The third-order valence-electron chi connectivity index (χ3n) is 5.21. The van der Waals surface area contributed by atoms with Crippen LogP contribution in [0.4, 0.5) is 0 Å². The third kappa shape index (κ3) is 3.90. The zero-order valence-corrected chi connectivity index (χ0v) is 16.2. The molecule has 1 aliphatic rings. The predicted octanol–water partition coefficient (Wildman–Crippen LogP) is 3.12. The van der Waals surface area contributed by atoms with Crippen molar-refractivity contribution < 1.29 is 9.90 Å². The normalized spacial score (nSPS) is 16.8. The molecule has 0 unspecified atom stereocenters. The van der Waals surface area contributed by atoms with Gasteiger partial charge in [-0.15, -0.1) is 0 Å². The van der Waals surface area contributed by atoms with Gasteiger partial charge in [-0.1, -0.05) is 35.7 Å². The van der Waals surface area contributed by atoms with E-state index in [4.69, 9.17) is 23.2 Å². The molecule has 0 saturated heterocycles. The average Bonchev–Trinajstić information content (AvgIpc) is 2.98.